The average molecular weight is 360 g/mol. The van der Waals surface area contributed by atoms with Crippen LogP contribution in [0, 0.1) is 9.39 Å². The fraction of sp³-hybridized carbons (Fsp3) is 0.167. The van der Waals surface area contributed by atoms with E-state index in [0.717, 1.165) is 6.07 Å². The maximum absolute atomic E-state index is 13.2. The molecule has 1 aromatic heterocycles. The summed E-state index contributed by atoms with van der Waals surface area (Å²) in [4.78, 5) is 18.5. The van der Waals surface area contributed by atoms with E-state index in [0.29, 0.717) is 21.2 Å². The first-order valence-corrected chi connectivity index (χ1v) is 6.37. The molecule has 2 rings (SSSR count). The normalized spacial score (nSPS) is 10.6. The van der Waals surface area contributed by atoms with Crippen molar-refractivity contribution in [1.82, 2.24) is 9.97 Å². The summed E-state index contributed by atoms with van der Waals surface area (Å²) in [7, 11) is 0. The maximum Gasteiger partial charge on any atom is 0.264 e. The number of rotatable bonds is 2. The SMILES string of the molecule is CCc1nc(-c2cc(O)cc(F)c2)[nH]c(=O)c1I. The summed E-state index contributed by atoms with van der Waals surface area (Å²) in [5.74, 6) is -0.527. The Labute approximate surface area is 116 Å². The number of nitrogens with zero attached hydrogens (tertiary/aromatic N) is 1. The van der Waals surface area contributed by atoms with Crippen molar-refractivity contribution >= 4 is 22.6 Å². The van der Waals surface area contributed by atoms with Crippen LogP contribution in [-0.4, -0.2) is 15.1 Å². The van der Waals surface area contributed by atoms with Gasteiger partial charge in [0.2, 0.25) is 0 Å². The van der Waals surface area contributed by atoms with E-state index < -0.39 is 5.82 Å². The summed E-state index contributed by atoms with van der Waals surface area (Å²) in [6.07, 6.45) is 0.608. The highest BCUT2D eigenvalue weighted by molar-refractivity contribution is 14.1. The first-order chi connectivity index (χ1) is 8.51. The third kappa shape index (κ3) is 2.53. The Morgan fingerprint density at radius 2 is 2.17 bits per heavy atom. The summed E-state index contributed by atoms with van der Waals surface area (Å²) in [5, 5.41) is 9.34. The minimum Gasteiger partial charge on any atom is -0.508 e. The smallest absolute Gasteiger partial charge is 0.264 e. The zero-order valence-corrected chi connectivity index (χ0v) is 11.7. The molecular weight excluding hydrogens is 350 g/mol. The maximum atomic E-state index is 13.2. The molecule has 0 saturated carbocycles. The molecule has 0 aliphatic carbocycles. The van der Waals surface area contributed by atoms with E-state index in [-0.39, 0.29) is 17.1 Å². The number of halogens is 2. The monoisotopic (exact) mass is 360 g/mol. The van der Waals surface area contributed by atoms with Crippen LogP contribution in [0.4, 0.5) is 4.39 Å². The predicted molar refractivity (Wildman–Crippen MR) is 74.0 cm³/mol. The van der Waals surface area contributed by atoms with Crippen molar-refractivity contribution < 1.29 is 9.50 Å². The van der Waals surface area contributed by atoms with Gasteiger partial charge in [0, 0.05) is 11.6 Å². The van der Waals surface area contributed by atoms with Gasteiger partial charge in [0.1, 0.15) is 17.4 Å². The van der Waals surface area contributed by atoms with Crippen molar-refractivity contribution in [2.45, 2.75) is 13.3 Å². The van der Waals surface area contributed by atoms with Crippen LogP contribution >= 0.6 is 22.6 Å². The van der Waals surface area contributed by atoms with Gasteiger partial charge in [0.15, 0.2) is 0 Å². The molecule has 1 aromatic carbocycles. The van der Waals surface area contributed by atoms with Crippen LogP contribution in [-0.2, 0) is 6.42 Å². The molecule has 0 fully saturated rings. The molecule has 94 valence electrons. The Morgan fingerprint density at radius 3 is 2.78 bits per heavy atom. The van der Waals surface area contributed by atoms with Crippen LogP contribution in [0.5, 0.6) is 5.75 Å². The Bertz CT molecular complexity index is 635. The molecule has 0 saturated heterocycles. The predicted octanol–water partition coefficient (Wildman–Crippen LogP) is 2.45. The molecule has 0 unspecified atom stereocenters. The largest absolute Gasteiger partial charge is 0.508 e. The minimum absolute atomic E-state index is 0.204. The lowest BCUT2D eigenvalue weighted by Gasteiger charge is -2.06. The molecule has 4 nitrogen and oxygen atoms in total. The van der Waals surface area contributed by atoms with E-state index >= 15 is 0 Å². The van der Waals surface area contributed by atoms with E-state index in [9.17, 15) is 14.3 Å². The summed E-state index contributed by atoms with van der Waals surface area (Å²) >= 11 is 1.92. The van der Waals surface area contributed by atoms with Crippen LogP contribution in [0.1, 0.15) is 12.6 Å². The summed E-state index contributed by atoms with van der Waals surface area (Å²) in [6, 6.07) is 3.56. The number of aryl methyl sites for hydroxylation is 1. The molecular formula is C12H10FIN2O2. The number of hydrogen-bond donors (Lipinski definition) is 2. The van der Waals surface area contributed by atoms with Gasteiger partial charge in [-0.25, -0.2) is 9.37 Å². The number of hydrogen-bond acceptors (Lipinski definition) is 3. The van der Waals surface area contributed by atoms with E-state index in [1.807, 2.05) is 29.5 Å². The van der Waals surface area contributed by atoms with Crippen molar-refractivity contribution in [3.8, 4) is 17.1 Å². The molecule has 2 aromatic rings. The van der Waals surface area contributed by atoms with Crippen molar-refractivity contribution in [2.75, 3.05) is 0 Å². The van der Waals surface area contributed by atoms with Crippen molar-refractivity contribution in [3.05, 3.63) is 43.6 Å². The topological polar surface area (TPSA) is 66.0 Å². The fourth-order valence-electron chi connectivity index (χ4n) is 1.59. The van der Waals surface area contributed by atoms with E-state index in [1.54, 1.807) is 0 Å². The number of H-pyrrole nitrogens is 1. The molecule has 18 heavy (non-hydrogen) atoms. The number of aromatic amines is 1. The number of phenolic OH excluding ortho intramolecular Hbond substituents is 1. The third-order valence-corrected chi connectivity index (χ3v) is 3.53. The summed E-state index contributed by atoms with van der Waals surface area (Å²) in [6.45, 7) is 1.89. The zero-order chi connectivity index (χ0) is 13.3. The number of phenols is 1. The Balaban J connectivity index is 2.64. The van der Waals surface area contributed by atoms with Crippen LogP contribution in [0.3, 0.4) is 0 Å². The van der Waals surface area contributed by atoms with Crippen LogP contribution in [0.15, 0.2) is 23.0 Å². The fourth-order valence-corrected chi connectivity index (χ4v) is 2.22. The van der Waals surface area contributed by atoms with Crippen molar-refractivity contribution in [3.63, 3.8) is 0 Å². The molecule has 0 amide bonds. The first kappa shape index (κ1) is 13.0. The quantitative estimate of drug-likeness (QED) is 0.809. The number of nitrogens with one attached hydrogen (secondary N) is 1. The Hall–Kier alpha value is -1.44. The van der Waals surface area contributed by atoms with Gasteiger partial charge < -0.3 is 10.1 Å². The molecule has 2 N–H and O–H groups in total. The Kier molecular flexibility index (Phi) is 3.65. The van der Waals surface area contributed by atoms with Gasteiger partial charge in [-0.05, 0) is 41.1 Å². The van der Waals surface area contributed by atoms with E-state index in [2.05, 4.69) is 9.97 Å². The molecule has 6 heteroatoms. The van der Waals surface area contributed by atoms with Crippen LogP contribution < -0.4 is 5.56 Å². The van der Waals surface area contributed by atoms with E-state index in [4.69, 9.17) is 0 Å². The second kappa shape index (κ2) is 5.05. The van der Waals surface area contributed by atoms with Crippen LogP contribution in [0.2, 0.25) is 0 Å². The Morgan fingerprint density at radius 1 is 1.44 bits per heavy atom. The molecule has 0 bridgehead atoms. The highest BCUT2D eigenvalue weighted by Gasteiger charge is 2.10. The summed E-state index contributed by atoms with van der Waals surface area (Å²) in [5.41, 5.74) is 0.731. The highest BCUT2D eigenvalue weighted by Crippen LogP contribution is 2.22. The lowest BCUT2D eigenvalue weighted by Crippen LogP contribution is -2.16. The number of aromatic hydroxyl groups is 1. The van der Waals surface area contributed by atoms with Gasteiger partial charge in [-0.2, -0.15) is 0 Å². The van der Waals surface area contributed by atoms with Gasteiger partial charge in [0.05, 0.1) is 9.26 Å². The minimum atomic E-state index is -0.579. The van der Waals surface area contributed by atoms with Crippen molar-refractivity contribution in [2.24, 2.45) is 0 Å². The van der Waals surface area contributed by atoms with Gasteiger partial charge in [-0.1, -0.05) is 6.92 Å². The van der Waals surface area contributed by atoms with Crippen LogP contribution in [0.25, 0.3) is 11.4 Å². The molecule has 0 spiro atoms. The first-order valence-electron chi connectivity index (χ1n) is 5.30. The van der Waals surface area contributed by atoms with Gasteiger partial charge >= 0.3 is 0 Å². The van der Waals surface area contributed by atoms with Gasteiger partial charge in [-0.15, -0.1) is 0 Å². The third-order valence-electron chi connectivity index (χ3n) is 2.42. The standard InChI is InChI=1S/C12H10FIN2O2/c1-2-9-10(14)12(18)16-11(15-9)6-3-7(13)5-8(17)4-6/h3-5,17H,2H2,1H3,(H,15,16,18). The van der Waals surface area contributed by atoms with Gasteiger partial charge in [0.25, 0.3) is 5.56 Å². The van der Waals surface area contributed by atoms with Gasteiger partial charge in [-0.3, -0.25) is 4.79 Å². The number of aromatic nitrogens is 2. The van der Waals surface area contributed by atoms with Crippen molar-refractivity contribution in [1.29, 1.82) is 0 Å². The lowest BCUT2D eigenvalue weighted by atomic mass is 10.2. The second-order valence-corrected chi connectivity index (χ2v) is 4.81. The highest BCUT2D eigenvalue weighted by atomic mass is 127. The second-order valence-electron chi connectivity index (χ2n) is 3.73. The molecule has 1 heterocycles. The molecule has 0 atom stereocenters. The zero-order valence-electron chi connectivity index (χ0n) is 9.50. The number of benzene rings is 1. The molecule has 0 aliphatic heterocycles. The van der Waals surface area contributed by atoms with E-state index in [1.165, 1.54) is 12.1 Å². The average Bonchev–Trinajstić information content (AvgIpc) is 2.31. The summed E-state index contributed by atoms with van der Waals surface area (Å²) < 4.78 is 13.7. The molecule has 0 radical (unpaired) electrons. The molecule has 0 aliphatic rings. The lowest BCUT2D eigenvalue weighted by molar-refractivity contribution is 0.469.